The Morgan fingerprint density at radius 2 is 1.88 bits per heavy atom. The molecule has 1 unspecified atom stereocenters. The van der Waals surface area contributed by atoms with Crippen molar-refractivity contribution in [2.24, 2.45) is 0 Å². The van der Waals surface area contributed by atoms with Gasteiger partial charge in [0.1, 0.15) is 11.4 Å². The maximum absolute atomic E-state index is 13.2. The third-order valence-electron chi connectivity index (χ3n) is 7.37. The van der Waals surface area contributed by atoms with Crippen molar-refractivity contribution in [1.29, 1.82) is 0 Å². The lowest BCUT2D eigenvalue weighted by Crippen LogP contribution is -2.41. The van der Waals surface area contributed by atoms with E-state index in [-0.39, 0.29) is 56.0 Å². The Hall–Kier alpha value is -4.87. The molecule has 4 bridgehead atoms. The van der Waals surface area contributed by atoms with Gasteiger partial charge < -0.3 is 34.7 Å². The van der Waals surface area contributed by atoms with Crippen LogP contribution in [0.1, 0.15) is 46.9 Å². The van der Waals surface area contributed by atoms with Gasteiger partial charge in [0.05, 0.1) is 33.1 Å². The van der Waals surface area contributed by atoms with Gasteiger partial charge in [-0.05, 0) is 41.8 Å². The molecule has 12 nitrogen and oxygen atoms in total. The Morgan fingerprint density at radius 3 is 2.64 bits per heavy atom. The summed E-state index contributed by atoms with van der Waals surface area (Å²) in [5.41, 5.74) is 2.99. The molecule has 0 saturated heterocycles. The zero-order valence-corrected chi connectivity index (χ0v) is 23.5. The molecule has 0 saturated carbocycles. The summed E-state index contributed by atoms with van der Waals surface area (Å²) in [7, 11) is 3.15. The number of benzene rings is 2. The van der Waals surface area contributed by atoms with Gasteiger partial charge in [-0.2, -0.15) is 0 Å². The number of aromatic nitrogens is 2. The number of nitrogens with zero attached hydrogens (tertiary/aromatic N) is 2. The maximum Gasteiger partial charge on any atom is 0.274 e. The van der Waals surface area contributed by atoms with Crippen LogP contribution in [0.25, 0.3) is 11.1 Å². The second-order valence-corrected chi connectivity index (χ2v) is 10.1. The summed E-state index contributed by atoms with van der Waals surface area (Å²) >= 11 is 0. The summed E-state index contributed by atoms with van der Waals surface area (Å²) in [4.78, 5) is 58.3. The van der Waals surface area contributed by atoms with Crippen molar-refractivity contribution >= 4 is 17.7 Å². The molecular formula is C30H33N5O7. The molecular weight excluding hydrogens is 542 g/mol. The van der Waals surface area contributed by atoms with Crippen LogP contribution in [0.4, 0.5) is 0 Å². The lowest BCUT2D eigenvalue weighted by atomic mass is 9.93. The third-order valence-corrected chi connectivity index (χ3v) is 7.37. The highest BCUT2D eigenvalue weighted by Gasteiger charge is 2.26. The van der Waals surface area contributed by atoms with Crippen LogP contribution >= 0.6 is 0 Å². The average Bonchev–Trinajstić information content (AvgIpc) is 3.00. The molecule has 3 N–H and O–H groups in total. The molecule has 1 atom stereocenters. The van der Waals surface area contributed by atoms with Crippen LogP contribution in [-0.2, 0) is 16.0 Å². The molecule has 2 aromatic carbocycles. The number of carbonyl (C=O) groups is 3. The van der Waals surface area contributed by atoms with Gasteiger partial charge in [0.2, 0.25) is 11.8 Å². The minimum Gasteiger partial charge on any atom is -0.493 e. The quantitative estimate of drug-likeness (QED) is 0.429. The zero-order chi connectivity index (χ0) is 29.6. The molecule has 12 heteroatoms. The Morgan fingerprint density at radius 1 is 1.02 bits per heavy atom. The molecule has 2 aliphatic heterocycles. The molecule has 0 fully saturated rings. The molecule has 0 spiro atoms. The van der Waals surface area contributed by atoms with E-state index in [2.05, 4.69) is 20.6 Å². The maximum atomic E-state index is 13.2. The van der Waals surface area contributed by atoms with Crippen LogP contribution in [0.2, 0.25) is 0 Å². The number of ether oxygens (including phenoxy) is 3. The van der Waals surface area contributed by atoms with E-state index in [1.165, 1.54) is 11.1 Å². The zero-order valence-electron chi connectivity index (χ0n) is 23.5. The molecule has 0 radical (unpaired) electrons. The molecule has 42 heavy (non-hydrogen) atoms. The molecule has 5 rings (SSSR count). The lowest BCUT2D eigenvalue weighted by Gasteiger charge is -2.28. The van der Waals surface area contributed by atoms with Crippen LogP contribution in [0, 0.1) is 0 Å². The topological polar surface area (TPSA) is 152 Å². The number of methoxy groups -OCH3 is 2. The van der Waals surface area contributed by atoms with Crippen molar-refractivity contribution in [3.05, 3.63) is 69.9 Å². The molecule has 0 aliphatic carbocycles. The van der Waals surface area contributed by atoms with Crippen molar-refractivity contribution in [3.8, 4) is 28.4 Å². The van der Waals surface area contributed by atoms with Gasteiger partial charge in [-0.15, -0.1) is 0 Å². The number of H-pyrrole nitrogens is 1. The molecule has 3 amide bonds. The van der Waals surface area contributed by atoms with Crippen LogP contribution < -0.4 is 30.4 Å². The van der Waals surface area contributed by atoms with Crippen molar-refractivity contribution in [1.82, 2.24) is 25.5 Å². The molecule has 220 valence electrons. The summed E-state index contributed by atoms with van der Waals surface area (Å²) < 4.78 is 17.2. The summed E-state index contributed by atoms with van der Waals surface area (Å²) in [5, 5.41) is 5.95. The second-order valence-electron chi connectivity index (χ2n) is 10.1. The van der Waals surface area contributed by atoms with Crippen LogP contribution in [0.5, 0.6) is 17.2 Å². The van der Waals surface area contributed by atoms with Gasteiger partial charge in [-0.3, -0.25) is 19.2 Å². The highest BCUT2D eigenvalue weighted by atomic mass is 16.5. The van der Waals surface area contributed by atoms with E-state index in [4.69, 9.17) is 14.2 Å². The van der Waals surface area contributed by atoms with Gasteiger partial charge in [-0.1, -0.05) is 6.07 Å². The van der Waals surface area contributed by atoms with Gasteiger partial charge >= 0.3 is 0 Å². The Labute approximate surface area is 242 Å². The van der Waals surface area contributed by atoms with E-state index in [1.807, 2.05) is 30.3 Å². The number of rotatable bonds is 3. The average molecular weight is 576 g/mol. The monoisotopic (exact) mass is 575 g/mol. The van der Waals surface area contributed by atoms with Crippen molar-refractivity contribution < 1.29 is 28.6 Å². The minimum atomic E-state index is -0.457. The number of aromatic amines is 1. The minimum absolute atomic E-state index is 0.0302. The second kappa shape index (κ2) is 12.8. The molecule has 1 aromatic heterocycles. The fourth-order valence-electron chi connectivity index (χ4n) is 5.21. The highest BCUT2D eigenvalue weighted by molar-refractivity contribution is 5.92. The summed E-state index contributed by atoms with van der Waals surface area (Å²) in [6.07, 6.45) is 3.55. The number of aryl methyl sites for hydroxylation is 1. The first-order valence-corrected chi connectivity index (χ1v) is 13.8. The van der Waals surface area contributed by atoms with Crippen LogP contribution in [0.15, 0.2) is 47.5 Å². The van der Waals surface area contributed by atoms with E-state index in [1.54, 1.807) is 14.2 Å². The van der Waals surface area contributed by atoms with Gasteiger partial charge in [0.15, 0.2) is 11.5 Å². The van der Waals surface area contributed by atoms with Crippen LogP contribution in [0.3, 0.4) is 0 Å². The van der Waals surface area contributed by atoms with E-state index in [0.29, 0.717) is 36.7 Å². The van der Waals surface area contributed by atoms with E-state index >= 15 is 0 Å². The predicted molar refractivity (Wildman–Crippen MR) is 153 cm³/mol. The van der Waals surface area contributed by atoms with Crippen molar-refractivity contribution in [3.63, 3.8) is 0 Å². The van der Waals surface area contributed by atoms with Crippen LogP contribution in [-0.4, -0.2) is 73.1 Å². The first-order chi connectivity index (χ1) is 20.4. The normalized spacial score (nSPS) is 17.6. The predicted octanol–water partition coefficient (Wildman–Crippen LogP) is 1.99. The molecule has 2 aliphatic rings. The highest BCUT2D eigenvalue weighted by Crippen LogP contribution is 2.42. The van der Waals surface area contributed by atoms with Gasteiger partial charge in [0, 0.05) is 56.2 Å². The SMILES string of the molecule is COc1cc2cc(c1OC)-c1ccc3c(c1)C(CCO3)NC(=O)CCN(C(=O)c1c[nH]c(=O)cn1)CCNC(=O)CC2. The van der Waals surface area contributed by atoms with E-state index in [9.17, 15) is 19.2 Å². The fourth-order valence-corrected chi connectivity index (χ4v) is 5.21. The first kappa shape index (κ1) is 28.7. The number of amides is 3. The summed E-state index contributed by atoms with van der Waals surface area (Å²) in [6.45, 7) is 0.883. The largest absolute Gasteiger partial charge is 0.493 e. The number of nitrogens with one attached hydrogen (secondary N) is 3. The number of hydrogen-bond acceptors (Lipinski definition) is 8. The Bertz CT molecular complexity index is 1530. The number of fused-ring (bicyclic) bond motifs is 4. The first-order valence-electron chi connectivity index (χ1n) is 13.8. The smallest absolute Gasteiger partial charge is 0.274 e. The Balaban J connectivity index is 1.48. The van der Waals surface area contributed by atoms with Crippen molar-refractivity contribution in [2.75, 3.05) is 40.5 Å². The van der Waals surface area contributed by atoms with Gasteiger partial charge in [0.25, 0.3) is 11.5 Å². The van der Waals surface area contributed by atoms with Crippen molar-refractivity contribution in [2.45, 2.75) is 31.7 Å². The standard InChI is InChI=1S/C30H33N5O7/c1-40-25-14-18-3-6-26(36)31-9-11-35(30(39)23-16-33-28(38)17-32-23)10-7-27(37)34-22-8-12-42-24-5-4-19(15-21(22)24)20(13-18)29(25)41-2/h4-5,13-17,22H,3,6-12H2,1-2H3,(H,31,36)(H,33,38)(H,34,37). The van der Waals surface area contributed by atoms with E-state index < -0.39 is 11.5 Å². The third kappa shape index (κ3) is 6.37. The molecule has 3 aromatic rings. The Kier molecular flexibility index (Phi) is 8.70. The number of hydrogen-bond donors (Lipinski definition) is 3. The van der Waals surface area contributed by atoms with Gasteiger partial charge in [-0.25, -0.2) is 4.98 Å². The number of carbonyl (C=O) groups excluding carboxylic acids is 3. The summed E-state index contributed by atoms with van der Waals surface area (Å²) in [6, 6.07) is 9.34. The fraction of sp³-hybridized carbons (Fsp3) is 0.367. The van der Waals surface area contributed by atoms with E-state index in [0.717, 1.165) is 28.5 Å². The molecule has 3 heterocycles. The summed E-state index contributed by atoms with van der Waals surface area (Å²) in [5.74, 6) is 0.916. The lowest BCUT2D eigenvalue weighted by molar-refractivity contribution is -0.123.